The molecule has 2 aliphatic rings. The second kappa shape index (κ2) is 8.76. The first kappa shape index (κ1) is 21.5. The lowest BCUT2D eigenvalue weighted by Crippen LogP contribution is -2.74. The summed E-state index contributed by atoms with van der Waals surface area (Å²) in [7, 11) is -1.62. The number of carbonyl (C=O) groups is 3. The van der Waals surface area contributed by atoms with Gasteiger partial charge in [-0.1, -0.05) is 64.5 Å². The lowest BCUT2D eigenvalue weighted by molar-refractivity contribution is -0.149. The zero-order valence-electron chi connectivity index (χ0n) is 16.2. The Kier molecular flexibility index (Phi) is 6.06. The van der Waals surface area contributed by atoms with Crippen molar-refractivity contribution >= 4 is 44.5 Å². The van der Waals surface area contributed by atoms with Crippen molar-refractivity contribution in [2.45, 2.75) is 23.1 Å². The van der Waals surface area contributed by atoms with Crippen molar-refractivity contribution in [2.75, 3.05) is 5.33 Å². The summed E-state index contributed by atoms with van der Waals surface area (Å²) in [5.74, 6) is -2.30. The van der Waals surface area contributed by atoms with Crippen LogP contribution in [0.25, 0.3) is 0 Å². The number of carboxylic acids is 1. The van der Waals surface area contributed by atoms with Gasteiger partial charge < -0.3 is 10.4 Å². The summed E-state index contributed by atoms with van der Waals surface area (Å²) in [5, 5.41) is 11.1. The highest BCUT2D eigenvalue weighted by molar-refractivity contribution is 9.09. The molecule has 0 saturated carbocycles. The number of rotatable bonds is 6. The van der Waals surface area contributed by atoms with Gasteiger partial charge in [0.2, 0.25) is 0 Å². The Morgan fingerprint density at radius 2 is 1.68 bits per heavy atom. The predicted molar refractivity (Wildman–Crippen MR) is 119 cm³/mol. The van der Waals surface area contributed by atoms with Crippen molar-refractivity contribution in [1.29, 1.82) is 0 Å². The van der Waals surface area contributed by atoms with Gasteiger partial charge in [-0.15, -0.1) is 0 Å². The monoisotopic (exact) mass is 502 g/mol. The van der Waals surface area contributed by atoms with E-state index in [1.165, 1.54) is 0 Å². The van der Waals surface area contributed by atoms with Crippen molar-refractivity contribution in [3.05, 3.63) is 83.1 Å². The van der Waals surface area contributed by atoms with Crippen LogP contribution < -0.4 is 5.32 Å². The van der Waals surface area contributed by atoms with E-state index < -0.39 is 45.2 Å². The molecule has 2 aromatic carbocycles. The molecule has 4 rings (SSSR count). The largest absolute Gasteiger partial charge is 0.477 e. The molecule has 0 aliphatic carbocycles. The molecule has 7 nitrogen and oxygen atoms in total. The van der Waals surface area contributed by atoms with Crippen molar-refractivity contribution in [1.82, 2.24) is 10.2 Å². The van der Waals surface area contributed by atoms with E-state index in [2.05, 4.69) is 21.2 Å². The van der Waals surface area contributed by atoms with Crippen LogP contribution in [-0.4, -0.2) is 54.0 Å². The average molecular weight is 503 g/mol. The van der Waals surface area contributed by atoms with Gasteiger partial charge in [0.15, 0.2) is 0 Å². The van der Waals surface area contributed by atoms with Crippen LogP contribution in [0.4, 0.5) is 0 Å². The third-order valence-corrected chi connectivity index (χ3v) is 8.00. The molecule has 4 atom stereocenters. The number of aliphatic carboxylic acids is 1. The minimum atomic E-state index is -1.62. The molecule has 2 heterocycles. The molecule has 2 amide bonds. The SMILES string of the molecule is O=C(O)C1=C(CBr)C(Cc2ccccc2)S(=O)[C@@H]2C(NC(=O)c3ccccc3)C(=O)N12. The first-order valence-corrected chi connectivity index (χ1v) is 12.0. The number of carbonyl (C=O) groups excluding carboxylic acids is 2. The molecule has 9 heteroatoms. The summed E-state index contributed by atoms with van der Waals surface area (Å²) in [4.78, 5) is 38.5. The second-order valence-electron chi connectivity index (χ2n) is 7.24. The van der Waals surface area contributed by atoms with Crippen LogP contribution in [0.5, 0.6) is 0 Å². The van der Waals surface area contributed by atoms with Crippen molar-refractivity contribution in [3.63, 3.8) is 0 Å². The van der Waals surface area contributed by atoms with E-state index in [1.54, 1.807) is 30.3 Å². The lowest BCUT2D eigenvalue weighted by Gasteiger charge is -2.51. The highest BCUT2D eigenvalue weighted by Crippen LogP contribution is 2.40. The molecule has 31 heavy (non-hydrogen) atoms. The molecule has 2 aromatic rings. The van der Waals surface area contributed by atoms with Gasteiger partial charge in [-0.3, -0.25) is 18.7 Å². The van der Waals surface area contributed by atoms with Gasteiger partial charge >= 0.3 is 5.97 Å². The summed E-state index contributed by atoms with van der Waals surface area (Å²) < 4.78 is 13.5. The Labute approximate surface area is 189 Å². The summed E-state index contributed by atoms with van der Waals surface area (Å²) in [6.07, 6.45) is 0.364. The van der Waals surface area contributed by atoms with Crippen LogP contribution in [0.2, 0.25) is 0 Å². The molecule has 2 aliphatic heterocycles. The minimum absolute atomic E-state index is 0.155. The molecule has 2 N–H and O–H groups in total. The molecule has 0 spiro atoms. The number of benzene rings is 2. The van der Waals surface area contributed by atoms with Gasteiger partial charge in [-0.25, -0.2) is 4.79 Å². The number of halogens is 1. The van der Waals surface area contributed by atoms with Crippen LogP contribution in [0.1, 0.15) is 15.9 Å². The first-order chi connectivity index (χ1) is 14.9. The highest BCUT2D eigenvalue weighted by Gasteiger charge is 2.59. The highest BCUT2D eigenvalue weighted by atomic mass is 79.9. The molecule has 1 saturated heterocycles. The smallest absolute Gasteiger partial charge is 0.352 e. The van der Waals surface area contributed by atoms with Crippen LogP contribution >= 0.6 is 15.9 Å². The van der Waals surface area contributed by atoms with Gasteiger partial charge in [0.1, 0.15) is 17.1 Å². The third kappa shape index (κ3) is 3.83. The molecular weight excluding hydrogens is 484 g/mol. The maximum absolute atomic E-state index is 13.5. The zero-order valence-corrected chi connectivity index (χ0v) is 18.6. The van der Waals surface area contributed by atoms with Crippen LogP contribution in [-0.2, 0) is 26.8 Å². The number of fused-ring (bicyclic) bond motifs is 1. The van der Waals surface area contributed by atoms with E-state index in [1.807, 2.05) is 30.3 Å². The van der Waals surface area contributed by atoms with E-state index in [0.29, 0.717) is 17.6 Å². The Bertz CT molecular complexity index is 1090. The second-order valence-corrected chi connectivity index (χ2v) is 9.51. The molecule has 1 fully saturated rings. The Hall–Kier alpha value is -2.78. The van der Waals surface area contributed by atoms with E-state index in [9.17, 15) is 23.7 Å². The number of alkyl halides is 1. The van der Waals surface area contributed by atoms with Crippen LogP contribution in [0.15, 0.2) is 71.9 Å². The van der Waals surface area contributed by atoms with Crippen molar-refractivity contribution in [3.8, 4) is 0 Å². The van der Waals surface area contributed by atoms with Gasteiger partial charge in [0.25, 0.3) is 11.8 Å². The summed E-state index contributed by atoms with van der Waals surface area (Å²) in [6.45, 7) is 0. The predicted octanol–water partition coefficient (Wildman–Crippen LogP) is 2.06. The number of β-lactam (4-membered cyclic amide) rings is 1. The molecule has 0 aromatic heterocycles. The summed E-state index contributed by atoms with van der Waals surface area (Å²) in [5.41, 5.74) is 1.53. The molecule has 0 bridgehead atoms. The van der Waals surface area contributed by atoms with E-state index in [0.717, 1.165) is 10.5 Å². The number of hydrogen-bond donors (Lipinski definition) is 2. The van der Waals surface area contributed by atoms with Crippen LogP contribution in [0, 0.1) is 0 Å². The normalized spacial score (nSPS) is 24.9. The molecule has 160 valence electrons. The fourth-order valence-corrected chi connectivity index (χ4v) is 6.83. The Morgan fingerprint density at radius 3 is 2.26 bits per heavy atom. The van der Waals surface area contributed by atoms with Crippen LogP contribution in [0.3, 0.4) is 0 Å². The zero-order chi connectivity index (χ0) is 22.1. The maximum Gasteiger partial charge on any atom is 0.352 e. The average Bonchev–Trinajstić information content (AvgIpc) is 2.79. The van der Waals surface area contributed by atoms with Gasteiger partial charge in [-0.05, 0) is 29.7 Å². The number of amides is 2. The minimum Gasteiger partial charge on any atom is -0.477 e. The summed E-state index contributed by atoms with van der Waals surface area (Å²) in [6, 6.07) is 16.7. The third-order valence-electron chi connectivity index (χ3n) is 5.43. The number of carboxylic acid groups (broad SMARTS) is 1. The Balaban J connectivity index is 1.67. The van der Waals surface area contributed by atoms with Gasteiger partial charge in [-0.2, -0.15) is 0 Å². The van der Waals surface area contributed by atoms with Crippen molar-refractivity contribution < 1.29 is 23.7 Å². The Morgan fingerprint density at radius 1 is 1.06 bits per heavy atom. The quantitative estimate of drug-likeness (QED) is 0.464. The van der Waals surface area contributed by atoms with Crippen molar-refractivity contribution in [2.24, 2.45) is 0 Å². The fraction of sp³-hybridized carbons (Fsp3) is 0.227. The number of nitrogens with one attached hydrogen (secondary N) is 1. The molecular formula is C22H19BrN2O5S. The topological polar surface area (TPSA) is 104 Å². The number of nitrogens with zero attached hydrogens (tertiary/aromatic N) is 1. The fourth-order valence-electron chi connectivity index (χ4n) is 3.93. The lowest BCUT2D eigenvalue weighted by atomic mass is 9.98. The van der Waals surface area contributed by atoms with E-state index in [4.69, 9.17) is 0 Å². The van der Waals surface area contributed by atoms with E-state index in [-0.39, 0.29) is 11.0 Å². The maximum atomic E-state index is 13.5. The molecule has 3 unspecified atom stereocenters. The molecule has 0 radical (unpaired) electrons. The number of hydrogen-bond acceptors (Lipinski definition) is 4. The first-order valence-electron chi connectivity index (χ1n) is 9.58. The van der Waals surface area contributed by atoms with E-state index >= 15 is 0 Å². The van der Waals surface area contributed by atoms with Gasteiger partial charge in [0, 0.05) is 10.9 Å². The standard InChI is InChI=1S/C22H19BrN2O5S/c23-12-15-16(11-13-7-3-1-4-8-13)31(30)21-17(20(27)25(21)18(15)22(28)29)24-19(26)14-9-5-2-6-10-14/h1-10,16-17,21H,11-12H2,(H,24,26)(H,28,29)/t16?,17?,21-,31?/m1/s1. The summed E-state index contributed by atoms with van der Waals surface area (Å²) >= 11 is 3.32. The van der Waals surface area contributed by atoms with Gasteiger partial charge in [0.05, 0.1) is 16.0 Å².